The lowest BCUT2D eigenvalue weighted by Gasteiger charge is -2.44. The molecule has 1 fully saturated rings. The van der Waals surface area contributed by atoms with Crippen molar-refractivity contribution in [1.29, 1.82) is 0 Å². The molecule has 1 amide bonds. The molecular formula is C17H16F5N3O3S. The number of nitrogens with zero attached hydrogens (tertiary/aromatic N) is 2. The summed E-state index contributed by atoms with van der Waals surface area (Å²) >= 11 is 0. The molecule has 0 spiro atoms. The van der Waals surface area contributed by atoms with Gasteiger partial charge >= 0.3 is 0 Å². The van der Waals surface area contributed by atoms with E-state index in [0.717, 1.165) is 10.8 Å². The van der Waals surface area contributed by atoms with Crippen LogP contribution in [0.4, 0.5) is 27.6 Å². The first kappa shape index (κ1) is 21.2. The first-order valence-corrected chi connectivity index (χ1v) is 9.96. The molecule has 1 aliphatic carbocycles. The predicted molar refractivity (Wildman–Crippen MR) is 91.8 cm³/mol. The van der Waals surface area contributed by atoms with Crippen molar-refractivity contribution in [3.8, 4) is 0 Å². The van der Waals surface area contributed by atoms with E-state index in [2.05, 4.69) is 10.3 Å². The van der Waals surface area contributed by atoms with Gasteiger partial charge in [-0.2, -0.15) is 13.8 Å². The van der Waals surface area contributed by atoms with Crippen molar-refractivity contribution in [3.63, 3.8) is 0 Å². The fourth-order valence-electron chi connectivity index (χ4n) is 3.61. The molecule has 3 rings (SSSR count). The molecule has 29 heavy (non-hydrogen) atoms. The van der Waals surface area contributed by atoms with Gasteiger partial charge in [-0.1, -0.05) is 6.92 Å². The van der Waals surface area contributed by atoms with Crippen LogP contribution in [-0.2, 0) is 16.9 Å². The van der Waals surface area contributed by atoms with Crippen molar-refractivity contribution < 1.29 is 35.2 Å². The summed E-state index contributed by atoms with van der Waals surface area (Å²) in [5, 5.41) is 2.05. The van der Waals surface area contributed by atoms with E-state index in [1.54, 1.807) is 0 Å². The summed E-state index contributed by atoms with van der Waals surface area (Å²) in [5.74, 6) is -8.65. The van der Waals surface area contributed by atoms with Gasteiger partial charge in [0.25, 0.3) is 5.91 Å². The lowest BCUT2D eigenvalue weighted by Crippen LogP contribution is -2.47. The van der Waals surface area contributed by atoms with Crippen LogP contribution >= 0.6 is 0 Å². The van der Waals surface area contributed by atoms with Gasteiger partial charge < -0.3 is 9.88 Å². The van der Waals surface area contributed by atoms with Gasteiger partial charge in [0.1, 0.15) is 10.6 Å². The standard InChI is InChI=1S/C17H16F5N3O3S/c1-16(6-17(21,22)7-16)8-29(27,28)10-5-25(2)14(13(10)20)15(26)23-9-3-11(18)24-12(19)4-9/h3-5H,6-8H2,1-2H3,(H,23,24,26). The minimum absolute atomic E-state index is 0.353. The summed E-state index contributed by atoms with van der Waals surface area (Å²) in [4.78, 5) is 14.4. The second kappa shape index (κ2) is 6.78. The molecule has 158 valence electrons. The molecule has 2 aromatic heterocycles. The van der Waals surface area contributed by atoms with Crippen molar-refractivity contribution in [3.05, 3.63) is 41.7 Å². The lowest BCUT2D eigenvalue weighted by atomic mass is 9.69. The summed E-state index contributed by atoms with van der Waals surface area (Å²) < 4.78 is 93.4. The Kier molecular flexibility index (Phi) is 4.96. The van der Waals surface area contributed by atoms with Gasteiger partial charge in [0.2, 0.25) is 17.8 Å². The number of anilines is 1. The fourth-order valence-corrected chi connectivity index (χ4v) is 5.57. The molecule has 0 radical (unpaired) electrons. The van der Waals surface area contributed by atoms with Gasteiger partial charge in [-0.15, -0.1) is 0 Å². The maximum atomic E-state index is 14.8. The molecule has 0 aromatic carbocycles. The Bertz CT molecular complexity index is 1070. The van der Waals surface area contributed by atoms with E-state index in [0.29, 0.717) is 12.1 Å². The highest BCUT2D eigenvalue weighted by Gasteiger charge is 2.55. The van der Waals surface area contributed by atoms with Crippen LogP contribution in [0.15, 0.2) is 23.2 Å². The van der Waals surface area contributed by atoms with E-state index in [9.17, 15) is 35.2 Å². The fraction of sp³-hybridized carbons (Fsp3) is 0.412. The number of carbonyl (C=O) groups excluding carboxylic acids is 1. The zero-order valence-corrected chi connectivity index (χ0v) is 16.1. The monoisotopic (exact) mass is 437 g/mol. The third-order valence-electron chi connectivity index (χ3n) is 4.57. The number of alkyl halides is 2. The summed E-state index contributed by atoms with van der Waals surface area (Å²) in [7, 11) is -3.12. The zero-order chi connectivity index (χ0) is 21.8. The van der Waals surface area contributed by atoms with Crippen LogP contribution in [0.1, 0.15) is 30.3 Å². The Hall–Kier alpha value is -2.50. The Balaban J connectivity index is 1.87. The highest BCUT2D eigenvalue weighted by Crippen LogP contribution is 2.52. The second-order valence-corrected chi connectivity index (χ2v) is 9.46. The zero-order valence-electron chi connectivity index (χ0n) is 15.3. The predicted octanol–water partition coefficient (Wildman–Crippen LogP) is 3.30. The van der Waals surface area contributed by atoms with E-state index in [-0.39, 0.29) is 5.69 Å². The molecule has 0 bridgehead atoms. The maximum Gasteiger partial charge on any atom is 0.275 e. The molecule has 0 unspecified atom stereocenters. The summed E-state index contributed by atoms with van der Waals surface area (Å²) in [6, 6.07) is 1.38. The Labute approximate surface area is 162 Å². The van der Waals surface area contributed by atoms with E-state index in [1.807, 2.05) is 0 Å². The molecule has 0 atom stereocenters. The van der Waals surface area contributed by atoms with Crippen LogP contribution in [0.5, 0.6) is 0 Å². The van der Waals surface area contributed by atoms with Gasteiger partial charge in [0, 0.05) is 38.2 Å². The number of rotatable bonds is 5. The van der Waals surface area contributed by atoms with Crippen LogP contribution in [0.2, 0.25) is 0 Å². The second-order valence-electron chi connectivity index (χ2n) is 7.50. The van der Waals surface area contributed by atoms with E-state index >= 15 is 0 Å². The third kappa shape index (κ3) is 4.26. The minimum atomic E-state index is -4.32. The highest BCUT2D eigenvalue weighted by molar-refractivity contribution is 7.91. The van der Waals surface area contributed by atoms with E-state index in [4.69, 9.17) is 0 Å². The number of pyridine rings is 1. The van der Waals surface area contributed by atoms with Crippen LogP contribution in [0, 0.1) is 23.1 Å². The number of hydrogen-bond donors (Lipinski definition) is 1. The Morgan fingerprint density at radius 3 is 2.28 bits per heavy atom. The van der Waals surface area contributed by atoms with Crippen LogP contribution in [-0.4, -0.2) is 35.6 Å². The number of hydrogen-bond acceptors (Lipinski definition) is 4. The van der Waals surface area contributed by atoms with Crippen molar-refractivity contribution in [2.45, 2.75) is 30.6 Å². The van der Waals surface area contributed by atoms with Gasteiger partial charge in [-0.25, -0.2) is 21.6 Å². The molecule has 2 heterocycles. The quantitative estimate of drug-likeness (QED) is 0.575. The average Bonchev–Trinajstić information content (AvgIpc) is 2.78. The summed E-state index contributed by atoms with van der Waals surface area (Å²) in [5.41, 5.74) is -2.27. The van der Waals surface area contributed by atoms with Crippen molar-refractivity contribution in [2.75, 3.05) is 11.1 Å². The number of aryl methyl sites for hydroxylation is 1. The molecule has 6 nitrogen and oxygen atoms in total. The topological polar surface area (TPSA) is 81.1 Å². The molecule has 1 aliphatic rings. The van der Waals surface area contributed by atoms with Crippen molar-refractivity contribution >= 4 is 21.4 Å². The van der Waals surface area contributed by atoms with Crippen LogP contribution < -0.4 is 5.32 Å². The largest absolute Gasteiger partial charge is 0.343 e. The molecule has 2 aromatic rings. The number of aromatic nitrogens is 2. The maximum absolute atomic E-state index is 14.8. The highest BCUT2D eigenvalue weighted by atomic mass is 32.2. The number of amides is 1. The number of nitrogens with one attached hydrogen (secondary N) is 1. The first-order valence-electron chi connectivity index (χ1n) is 8.31. The first-order chi connectivity index (χ1) is 13.2. The molecule has 0 aliphatic heterocycles. The minimum Gasteiger partial charge on any atom is -0.343 e. The summed E-state index contributed by atoms with van der Waals surface area (Å²) in [6.45, 7) is 1.36. The van der Waals surface area contributed by atoms with Gasteiger partial charge in [0.15, 0.2) is 15.7 Å². The van der Waals surface area contributed by atoms with Gasteiger partial charge in [-0.3, -0.25) is 4.79 Å². The van der Waals surface area contributed by atoms with E-state index < -0.39 is 74.0 Å². The normalized spacial score (nSPS) is 17.6. The van der Waals surface area contributed by atoms with Crippen LogP contribution in [0.25, 0.3) is 0 Å². The summed E-state index contributed by atoms with van der Waals surface area (Å²) in [6.07, 6.45) is -0.423. The van der Waals surface area contributed by atoms with Gasteiger partial charge in [-0.05, 0) is 5.41 Å². The lowest BCUT2D eigenvalue weighted by molar-refractivity contribution is -0.144. The third-order valence-corrected chi connectivity index (χ3v) is 6.60. The molecular weight excluding hydrogens is 421 g/mol. The molecule has 1 N–H and O–H groups in total. The van der Waals surface area contributed by atoms with E-state index in [1.165, 1.54) is 14.0 Å². The Morgan fingerprint density at radius 1 is 1.21 bits per heavy atom. The Morgan fingerprint density at radius 2 is 1.76 bits per heavy atom. The smallest absolute Gasteiger partial charge is 0.275 e. The number of halogens is 5. The molecule has 1 saturated carbocycles. The molecule has 12 heteroatoms. The van der Waals surface area contributed by atoms with Gasteiger partial charge in [0.05, 0.1) is 11.4 Å². The number of sulfone groups is 1. The molecule has 0 saturated heterocycles. The average molecular weight is 437 g/mol. The SMILES string of the molecule is Cn1cc(S(=O)(=O)CC2(C)CC(F)(F)C2)c(F)c1C(=O)Nc1cc(F)nc(F)c1. The van der Waals surface area contributed by atoms with Crippen LogP contribution in [0.3, 0.4) is 0 Å². The van der Waals surface area contributed by atoms with Crippen molar-refractivity contribution in [1.82, 2.24) is 9.55 Å². The number of carbonyl (C=O) groups is 1. The van der Waals surface area contributed by atoms with Crippen molar-refractivity contribution in [2.24, 2.45) is 12.5 Å².